The molecule has 0 saturated carbocycles. The second kappa shape index (κ2) is 6.04. The highest BCUT2D eigenvalue weighted by atomic mass is 79.9. The Morgan fingerprint density at radius 3 is 2.44 bits per heavy atom. The van der Waals surface area contributed by atoms with Crippen molar-refractivity contribution in [2.75, 3.05) is 0 Å². The lowest BCUT2D eigenvalue weighted by Gasteiger charge is -2.09. The lowest BCUT2D eigenvalue weighted by atomic mass is 10.2. The summed E-state index contributed by atoms with van der Waals surface area (Å²) in [5, 5.41) is 1.19. The Kier molecular flexibility index (Phi) is 4.65. The van der Waals surface area contributed by atoms with E-state index in [4.69, 9.17) is 16.3 Å². The number of halogens is 4. The van der Waals surface area contributed by atoms with Gasteiger partial charge < -0.3 is 4.74 Å². The standard InChI is InChI=1S/C13H8Br2ClFO/c14-7-8-1-3-13(11(17)5-8)18-12-4-2-9(16)6-10(12)15/h1-6H,7H2. The fourth-order valence-corrected chi connectivity index (χ4v) is 2.50. The van der Waals surface area contributed by atoms with Gasteiger partial charge in [-0.2, -0.15) is 0 Å². The third-order valence-corrected chi connectivity index (χ3v) is 3.77. The minimum atomic E-state index is -0.395. The second-order valence-corrected chi connectivity index (χ2v) is 5.43. The minimum absolute atomic E-state index is 0.183. The van der Waals surface area contributed by atoms with Crippen molar-refractivity contribution in [3.63, 3.8) is 0 Å². The highest BCUT2D eigenvalue weighted by Gasteiger charge is 2.08. The summed E-state index contributed by atoms with van der Waals surface area (Å²) in [7, 11) is 0. The van der Waals surface area contributed by atoms with Gasteiger partial charge in [-0.25, -0.2) is 4.39 Å². The zero-order valence-corrected chi connectivity index (χ0v) is 13.0. The largest absolute Gasteiger partial charge is 0.453 e. The molecule has 0 radical (unpaired) electrons. The molecular weight excluding hydrogens is 386 g/mol. The number of rotatable bonds is 3. The van der Waals surface area contributed by atoms with Crippen molar-refractivity contribution >= 4 is 43.5 Å². The molecule has 0 N–H and O–H groups in total. The molecule has 0 unspecified atom stereocenters. The average molecular weight is 394 g/mol. The normalized spacial score (nSPS) is 10.4. The van der Waals surface area contributed by atoms with Gasteiger partial charge in [-0.05, 0) is 51.8 Å². The molecule has 0 heterocycles. The summed E-state index contributed by atoms with van der Waals surface area (Å²) in [5.41, 5.74) is 0.857. The number of hydrogen-bond donors (Lipinski definition) is 0. The van der Waals surface area contributed by atoms with Crippen LogP contribution in [0.5, 0.6) is 11.5 Å². The molecule has 0 aliphatic carbocycles. The van der Waals surface area contributed by atoms with Gasteiger partial charge in [0.1, 0.15) is 5.75 Å². The van der Waals surface area contributed by atoms with E-state index in [9.17, 15) is 4.39 Å². The van der Waals surface area contributed by atoms with Crippen LogP contribution < -0.4 is 4.74 Å². The number of alkyl halides is 1. The van der Waals surface area contributed by atoms with Gasteiger partial charge in [-0.3, -0.25) is 0 Å². The molecule has 0 spiro atoms. The lowest BCUT2D eigenvalue weighted by molar-refractivity contribution is 0.439. The van der Waals surface area contributed by atoms with E-state index >= 15 is 0 Å². The van der Waals surface area contributed by atoms with Crippen LogP contribution in [0, 0.1) is 5.82 Å². The molecule has 0 atom stereocenters. The van der Waals surface area contributed by atoms with Crippen molar-refractivity contribution in [1.29, 1.82) is 0 Å². The third kappa shape index (κ3) is 3.25. The Hall–Kier alpha value is -0.580. The smallest absolute Gasteiger partial charge is 0.166 e. The molecule has 0 saturated heterocycles. The van der Waals surface area contributed by atoms with E-state index in [2.05, 4.69) is 31.9 Å². The Balaban J connectivity index is 2.28. The summed E-state index contributed by atoms with van der Waals surface area (Å²) in [6.45, 7) is 0. The van der Waals surface area contributed by atoms with Crippen LogP contribution in [0.4, 0.5) is 4.39 Å². The number of ether oxygens (including phenoxy) is 1. The van der Waals surface area contributed by atoms with Gasteiger partial charge in [0.2, 0.25) is 0 Å². The molecule has 2 aromatic carbocycles. The van der Waals surface area contributed by atoms with Gasteiger partial charge in [0.25, 0.3) is 0 Å². The molecule has 5 heteroatoms. The van der Waals surface area contributed by atoms with Crippen molar-refractivity contribution in [1.82, 2.24) is 0 Å². The molecule has 94 valence electrons. The Labute approximate surface area is 126 Å². The quantitative estimate of drug-likeness (QED) is 0.587. The van der Waals surface area contributed by atoms with E-state index in [1.165, 1.54) is 6.07 Å². The molecule has 0 amide bonds. The van der Waals surface area contributed by atoms with Crippen molar-refractivity contribution in [2.24, 2.45) is 0 Å². The van der Waals surface area contributed by atoms with Gasteiger partial charge in [0.05, 0.1) is 4.47 Å². The monoisotopic (exact) mass is 392 g/mol. The van der Waals surface area contributed by atoms with Crippen molar-refractivity contribution in [3.8, 4) is 11.5 Å². The van der Waals surface area contributed by atoms with Crippen LogP contribution in [-0.4, -0.2) is 0 Å². The van der Waals surface area contributed by atoms with Crippen LogP contribution in [0.3, 0.4) is 0 Å². The summed E-state index contributed by atoms with van der Waals surface area (Å²) in [4.78, 5) is 0. The molecular formula is C13H8Br2ClFO. The van der Waals surface area contributed by atoms with Crippen molar-refractivity contribution in [2.45, 2.75) is 5.33 Å². The topological polar surface area (TPSA) is 9.23 Å². The van der Waals surface area contributed by atoms with Crippen LogP contribution >= 0.6 is 43.5 Å². The van der Waals surface area contributed by atoms with E-state index in [1.807, 2.05) is 0 Å². The molecule has 0 aliphatic heterocycles. The molecule has 18 heavy (non-hydrogen) atoms. The predicted octanol–water partition coefficient (Wildman–Crippen LogP) is 5.93. The zero-order valence-electron chi connectivity index (χ0n) is 9.09. The van der Waals surface area contributed by atoms with Gasteiger partial charge in [0.15, 0.2) is 11.6 Å². The Morgan fingerprint density at radius 2 is 1.83 bits per heavy atom. The van der Waals surface area contributed by atoms with Crippen LogP contribution in [0.1, 0.15) is 5.56 Å². The van der Waals surface area contributed by atoms with Crippen LogP contribution in [0.25, 0.3) is 0 Å². The lowest BCUT2D eigenvalue weighted by Crippen LogP contribution is -1.90. The zero-order chi connectivity index (χ0) is 13.1. The summed E-state index contributed by atoms with van der Waals surface area (Å²) in [6, 6.07) is 9.91. The molecule has 0 aromatic heterocycles. The van der Waals surface area contributed by atoms with Crippen molar-refractivity contribution < 1.29 is 9.13 Å². The van der Waals surface area contributed by atoms with E-state index in [0.717, 1.165) is 5.56 Å². The third-order valence-electron chi connectivity index (χ3n) is 2.26. The predicted molar refractivity (Wildman–Crippen MR) is 78.3 cm³/mol. The molecule has 1 nitrogen and oxygen atoms in total. The van der Waals surface area contributed by atoms with Gasteiger partial charge in [0, 0.05) is 10.4 Å². The summed E-state index contributed by atoms with van der Waals surface area (Å²) >= 11 is 12.4. The van der Waals surface area contributed by atoms with E-state index in [-0.39, 0.29) is 5.75 Å². The highest BCUT2D eigenvalue weighted by molar-refractivity contribution is 9.10. The Bertz CT molecular complexity index is 575. The Morgan fingerprint density at radius 1 is 1.11 bits per heavy atom. The summed E-state index contributed by atoms with van der Waals surface area (Å²) in [6.07, 6.45) is 0. The van der Waals surface area contributed by atoms with Gasteiger partial charge >= 0.3 is 0 Å². The maximum Gasteiger partial charge on any atom is 0.166 e. The van der Waals surface area contributed by atoms with Gasteiger partial charge in [-0.1, -0.05) is 33.6 Å². The van der Waals surface area contributed by atoms with E-state index in [0.29, 0.717) is 20.6 Å². The van der Waals surface area contributed by atoms with E-state index < -0.39 is 5.82 Å². The van der Waals surface area contributed by atoms with Crippen LogP contribution in [-0.2, 0) is 5.33 Å². The number of benzene rings is 2. The van der Waals surface area contributed by atoms with E-state index in [1.54, 1.807) is 30.3 Å². The summed E-state index contributed by atoms with van der Waals surface area (Å²) in [5.74, 6) is 0.307. The molecule has 2 aromatic rings. The molecule has 2 rings (SSSR count). The van der Waals surface area contributed by atoms with Crippen LogP contribution in [0.15, 0.2) is 40.9 Å². The first-order valence-electron chi connectivity index (χ1n) is 5.07. The minimum Gasteiger partial charge on any atom is -0.453 e. The molecule has 0 bridgehead atoms. The number of hydrogen-bond acceptors (Lipinski definition) is 1. The SMILES string of the molecule is Fc1cc(CBr)ccc1Oc1ccc(Cl)cc1Br. The fourth-order valence-electron chi connectivity index (χ4n) is 1.39. The first kappa shape index (κ1) is 13.8. The maximum atomic E-state index is 13.7. The fraction of sp³-hybridized carbons (Fsp3) is 0.0769. The molecule has 0 aliphatic rings. The maximum absolute atomic E-state index is 13.7. The first-order valence-corrected chi connectivity index (χ1v) is 7.36. The molecule has 0 fully saturated rings. The average Bonchev–Trinajstić information content (AvgIpc) is 2.34. The van der Waals surface area contributed by atoms with Crippen LogP contribution in [0.2, 0.25) is 5.02 Å². The van der Waals surface area contributed by atoms with Crippen molar-refractivity contribution in [3.05, 3.63) is 57.3 Å². The first-order chi connectivity index (χ1) is 8.60. The van der Waals surface area contributed by atoms with Gasteiger partial charge in [-0.15, -0.1) is 0 Å². The highest BCUT2D eigenvalue weighted by Crippen LogP contribution is 2.33. The summed E-state index contributed by atoms with van der Waals surface area (Å²) < 4.78 is 19.9. The second-order valence-electron chi connectivity index (χ2n) is 3.58.